The highest BCUT2D eigenvalue weighted by Gasteiger charge is 2.12. The van der Waals surface area contributed by atoms with E-state index in [4.69, 9.17) is 23.2 Å². The summed E-state index contributed by atoms with van der Waals surface area (Å²) >= 11 is 10.4. The molecule has 0 unspecified atom stereocenters. The molecule has 1 aromatic rings. The Morgan fingerprint density at radius 2 is 1.14 bits per heavy atom. The van der Waals surface area contributed by atoms with Crippen LogP contribution in [0.1, 0.15) is 20.7 Å². The number of rotatable bonds is 2. The highest BCUT2D eigenvalue weighted by atomic mass is 35.5. The van der Waals surface area contributed by atoms with Gasteiger partial charge in [0, 0.05) is 11.1 Å². The number of benzene rings is 1. The molecule has 0 amide bonds. The molecule has 2 nitrogen and oxygen atoms in total. The quantitative estimate of drug-likeness (QED) is 0.777. The highest BCUT2D eigenvalue weighted by Crippen LogP contribution is 2.13. The molecule has 0 aliphatic rings. The largest absolute Gasteiger partial charge is 0.276 e. The number of carbonyl (C=O) groups excluding carboxylic acids is 2. The minimum Gasteiger partial charge on any atom is -0.276 e. The molecule has 14 heavy (non-hydrogen) atoms. The smallest absolute Gasteiger partial charge is 0.253 e. The summed E-state index contributed by atoms with van der Waals surface area (Å²) < 4.78 is 0. The normalized spacial score (nSPS) is 8.14. The van der Waals surface area contributed by atoms with Gasteiger partial charge in [-0.25, -0.2) is 0 Å². The second-order valence-corrected chi connectivity index (χ2v) is 2.78. The molecule has 0 heterocycles. The molecule has 0 spiro atoms. The number of carbonyl (C=O) groups is 2. The van der Waals surface area contributed by atoms with Crippen molar-refractivity contribution in [1.82, 2.24) is 0 Å². The Balaban J connectivity index is 0. The van der Waals surface area contributed by atoms with E-state index in [0.29, 0.717) is 0 Å². The molecule has 0 saturated heterocycles. The van der Waals surface area contributed by atoms with Gasteiger partial charge in [0.2, 0.25) is 0 Å². The Bertz CT molecular complexity index is 305. The van der Waals surface area contributed by atoms with Gasteiger partial charge in [0.05, 0.1) is 0 Å². The summed E-state index contributed by atoms with van der Waals surface area (Å²) in [7, 11) is 0. The molecule has 0 aliphatic carbocycles. The van der Waals surface area contributed by atoms with Crippen molar-refractivity contribution < 1.29 is 9.59 Å². The fourth-order valence-electron chi connectivity index (χ4n) is 0.826. The summed E-state index contributed by atoms with van der Waals surface area (Å²) in [5, 5.41) is -1.36. The molecule has 0 radical (unpaired) electrons. The van der Waals surface area contributed by atoms with Crippen molar-refractivity contribution in [3.63, 3.8) is 0 Å². The van der Waals surface area contributed by atoms with Gasteiger partial charge in [0.1, 0.15) is 0 Å². The molecular formula is C8H6Cl4O2. The van der Waals surface area contributed by atoms with E-state index in [-0.39, 0.29) is 35.9 Å². The molecule has 0 bridgehead atoms. The van der Waals surface area contributed by atoms with E-state index in [1.54, 1.807) is 12.1 Å². The molecule has 1 aromatic carbocycles. The van der Waals surface area contributed by atoms with Crippen LogP contribution in [0.3, 0.4) is 0 Å². The van der Waals surface area contributed by atoms with Crippen LogP contribution in [0, 0.1) is 0 Å². The minimum absolute atomic E-state index is 0. The summed E-state index contributed by atoms with van der Waals surface area (Å²) in [6.45, 7) is 0. The molecule has 0 atom stereocenters. The monoisotopic (exact) mass is 274 g/mol. The lowest BCUT2D eigenvalue weighted by Crippen LogP contribution is -1.99. The zero-order valence-corrected chi connectivity index (χ0v) is 9.84. The lowest BCUT2D eigenvalue weighted by Gasteiger charge is -1.98. The second-order valence-electron chi connectivity index (χ2n) is 2.09. The predicted molar refractivity (Wildman–Crippen MR) is 61.3 cm³/mol. The van der Waals surface area contributed by atoms with Crippen molar-refractivity contribution in [3.8, 4) is 0 Å². The van der Waals surface area contributed by atoms with Gasteiger partial charge in [-0.05, 0) is 35.3 Å². The third kappa shape index (κ3) is 3.84. The van der Waals surface area contributed by atoms with E-state index >= 15 is 0 Å². The Morgan fingerprint density at radius 3 is 1.36 bits per heavy atom. The average Bonchev–Trinajstić information content (AvgIpc) is 2.04. The summed E-state index contributed by atoms with van der Waals surface area (Å²) in [6, 6.07) is 6.12. The maximum absolute atomic E-state index is 10.7. The zero-order chi connectivity index (χ0) is 9.14. The van der Waals surface area contributed by atoms with Crippen LogP contribution < -0.4 is 0 Å². The predicted octanol–water partition coefficient (Wildman–Crippen LogP) is 3.29. The van der Waals surface area contributed by atoms with E-state index in [2.05, 4.69) is 0 Å². The molecule has 0 fully saturated rings. The van der Waals surface area contributed by atoms with Crippen molar-refractivity contribution >= 4 is 58.5 Å². The van der Waals surface area contributed by atoms with Crippen molar-refractivity contribution in [2.75, 3.05) is 0 Å². The van der Waals surface area contributed by atoms with Crippen LogP contribution in [-0.2, 0) is 0 Å². The van der Waals surface area contributed by atoms with Gasteiger partial charge in [-0.3, -0.25) is 9.59 Å². The van der Waals surface area contributed by atoms with Crippen LogP contribution in [0.5, 0.6) is 0 Å². The van der Waals surface area contributed by atoms with E-state index in [1.807, 2.05) is 0 Å². The Morgan fingerprint density at radius 1 is 0.857 bits per heavy atom. The van der Waals surface area contributed by atoms with Gasteiger partial charge in [0.25, 0.3) is 10.5 Å². The molecule has 0 N–H and O–H groups in total. The topological polar surface area (TPSA) is 34.1 Å². The minimum atomic E-state index is -0.681. The Kier molecular flexibility index (Phi) is 8.16. The fraction of sp³-hybridized carbons (Fsp3) is 0. The first-order valence-corrected chi connectivity index (χ1v) is 3.87. The highest BCUT2D eigenvalue weighted by molar-refractivity contribution is 6.71. The Hall–Kier alpha value is -0.280. The first kappa shape index (κ1) is 16.2. The van der Waals surface area contributed by atoms with Crippen LogP contribution >= 0.6 is 48.0 Å². The average molecular weight is 276 g/mol. The van der Waals surface area contributed by atoms with Crippen molar-refractivity contribution in [2.45, 2.75) is 0 Å². The zero-order valence-electron chi connectivity index (χ0n) is 6.70. The molecule has 0 saturated carbocycles. The van der Waals surface area contributed by atoms with E-state index in [9.17, 15) is 9.59 Å². The molecular weight excluding hydrogens is 270 g/mol. The first-order chi connectivity index (χ1) is 5.63. The molecule has 1 rings (SSSR count). The standard InChI is InChI=1S/C8H4Cl2O2.2ClH/c9-7(11)5-3-1-2-4-6(5)8(10)12;;/h1-4H;2*1H. The van der Waals surface area contributed by atoms with Crippen LogP contribution in [-0.4, -0.2) is 10.5 Å². The van der Waals surface area contributed by atoms with Gasteiger partial charge in [0.15, 0.2) is 0 Å². The van der Waals surface area contributed by atoms with Gasteiger partial charge in [-0.2, -0.15) is 0 Å². The van der Waals surface area contributed by atoms with Crippen molar-refractivity contribution in [3.05, 3.63) is 35.4 Å². The maximum atomic E-state index is 10.7. The third-order valence-electron chi connectivity index (χ3n) is 1.35. The summed E-state index contributed by atoms with van der Waals surface area (Å²) in [5.74, 6) is 0. The fourth-order valence-corrected chi connectivity index (χ4v) is 1.16. The molecule has 78 valence electrons. The second kappa shape index (κ2) is 7.07. The van der Waals surface area contributed by atoms with Gasteiger partial charge < -0.3 is 0 Å². The third-order valence-corrected chi connectivity index (χ3v) is 1.76. The van der Waals surface area contributed by atoms with Gasteiger partial charge in [-0.1, -0.05) is 12.1 Å². The van der Waals surface area contributed by atoms with Crippen LogP contribution in [0.4, 0.5) is 0 Å². The van der Waals surface area contributed by atoms with E-state index in [1.165, 1.54) is 12.1 Å². The summed E-state index contributed by atoms with van der Waals surface area (Å²) in [4.78, 5) is 21.5. The number of halogens is 4. The number of hydrogen-bond acceptors (Lipinski definition) is 2. The first-order valence-electron chi connectivity index (χ1n) is 3.11. The van der Waals surface area contributed by atoms with E-state index < -0.39 is 10.5 Å². The van der Waals surface area contributed by atoms with Crippen molar-refractivity contribution in [2.24, 2.45) is 0 Å². The van der Waals surface area contributed by atoms with Crippen molar-refractivity contribution in [1.29, 1.82) is 0 Å². The van der Waals surface area contributed by atoms with Crippen LogP contribution in [0.25, 0.3) is 0 Å². The molecule has 0 aromatic heterocycles. The Labute approximate surface area is 103 Å². The van der Waals surface area contributed by atoms with E-state index in [0.717, 1.165) is 0 Å². The summed E-state index contributed by atoms with van der Waals surface area (Å²) in [6.07, 6.45) is 0. The van der Waals surface area contributed by atoms with Gasteiger partial charge in [-0.15, -0.1) is 24.8 Å². The molecule has 6 heteroatoms. The maximum Gasteiger partial charge on any atom is 0.253 e. The van der Waals surface area contributed by atoms with Crippen LogP contribution in [0.15, 0.2) is 24.3 Å². The SMILES string of the molecule is Cl.Cl.O=C(Cl)c1ccccc1C(=O)Cl. The van der Waals surface area contributed by atoms with Gasteiger partial charge >= 0.3 is 0 Å². The van der Waals surface area contributed by atoms with Crippen LogP contribution in [0.2, 0.25) is 0 Å². The number of hydrogen-bond donors (Lipinski definition) is 0. The molecule has 0 aliphatic heterocycles. The lowest BCUT2D eigenvalue weighted by molar-refractivity contribution is 0.105. The lowest BCUT2D eigenvalue weighted by atomic mass is 10.1. The summed E-state index contributed by atoms with van der Waals surface area (Å²) in [5.41, 5.74) is 0.276.